The molecule has 0 bridgehead atoms. The fourth-order valence-corrected chi connectivity index (χ4v) is 2.98. The molecule has 1 unspecified atom stereocenters. The van der Waals surface area contributed by atoms with Crippen LogP contribution in [0.5, 0.6) is 0 Å². The molecule has 4 heteroatoms. The van der Waals surface area contributed by atoms with Gasteiger partial charge in [-0.2, -0.15) is 0 Å². The first-order valence-electron chi connectivity index (χ1n) is 7.34. The van der Waals surface area contributed by atoms with E-state index in [-0.39, 0.29) is 5.82 Å². The van der Waals surface area contributed by atoms with Gasteiger partial charge in [0.2, 0.25) is 0 Å². The van der Waals surface area contributed by atoms with Gasteiger partial charge in [0.1, 0.15) is 5.82 Å². The number of halogens is 2. The lowest BCUT2D eigenvalue weighted by Gasteiger charge is -2.20. The average Bonchev–Trinajstić information content (AvgIpc) is 2.88. The van der Waals surface area contributed by atoms with Crippen LogP contribution < -0.4 is 5.32 Å². The smallest absolute Gasteiger partial charge is 0.137 e. The van der Waals surface area contributed by atoms with Crippen LogP contribution >= 0.6 is 15.9 Å². The number of hydrogen-bond donors (Lipinski definition) is 1. The monoisotopic (exact) mass is 352 g/mol. The highest BCUT2D eigenvalue weighted by Crippen LogP contribution is 2.23. The lowest BCUT2D eigenvalue weighted by atomic mass is 9.98. The van der Waals surface area contributed by atoms with Gasteiger partial charge >= 0.3 is 0 Å². The first kappa shape index (κ1) is 16.2. The summed E-state index contributed by atoms with van der Waals surface area (Å²) in [5, 5.41) is 3.52. The normalized spacial score (nSPS) is 12.9. The third kappa shape index (κ3) is 4.17. The van der Waals surface area contributed by atoms with Crippen molar-refractivity contribution in [2.75, 3.05) is 6.54 Å². The Morgan fingerprint density at radius 1 is 1.29 bits per heavy atom. The van der Waals surface area contributed by atoms with E-state index in [1.54, 1.807) is 0 Å². The van der Waals surface area contributed by atoms with Gasteiger partial charge in [0.25, 0.3) is 0 Å². The lowest BCUT2D eigenvalue weighted by molar-refractivity contribution is 0.421. The Morgan fingerprint density at radius 3 is 2.67 bits per heavy atom. The molecule has 2 aromatic rings. The van der Waals surface area contributed by atoms with Gasteiger partial charge in [-0.25, -0.2) is 4.39 Å². The number of aromatic nitrogens is 1. The van der Waals surface area contributed by atoms with E-state index in [0.29, 0.717) is 16.4 Å². The second-order valence-electron chi connectivity index (χ2n) is 5.64. The van der Waals surface area contributed by atoms with E-state index < -0.39 is 0 Å². The number of rotatable bonds is 6. The Hall–Kier alpha value is -1.13. The summed E-state index contributed by atoms with van der Waals surface area (Å²) in [6.07, 6.45) is 4.25. The molecule has 2 rings (SSSR count). The number of hydrogen-bond acceptors (Lipinski definition) is 1. The van der Waals surface area contributed by atoms with Gasteiger partial charge in [-0.1, -0.05) is 26.8 Å². The van der Waals surface area contributed by atoms with Crippen LogP contribution in [-0.2, 0) is 6.54 Å². The highest BCUT2D eigenvalue weighted by Gasteiger charge is 2.15. The molecule has 1 aromatic heterocycles. The van der Waals surface area contributed by atoms with Crippen LogP contribution in [0.1, 0.15) is 37.9 Å². The maximum Gasteiger partial charge on any atom is 0.137 e. The third-order valence-corrected chi connectivity index (χ3v) is 4.18. The minimum Gasteiger partial charge on any atom is -0.350 e. The molecule has 0 fully saturated rings. The van der Waals surface area contributed by atoms with E-state index >= 15 is 0 Å². The van der Waals surface area contributed by atoms with Gasteiger partial charge in [0, 0.05) is 25.0 Å². The maximum absolute atomic E-state index is 13.3. The first-order valence-corrected chi connectivity index (χ1v) is 8.13. The van der Waals surface area contributed by atoms with Crippen LogP contribution in [0.25, 0.3) is 0 Å². The lowest BCUT2D eigenvalue weighted by Crippen LogP contribution is -2.25. The summed E-state index contributed by atoms with van der Waals surface area (Å²) in [6, 6.07) is 7.69. The molecule has 1 aromatic carbocycles. The van der Waals surface area contributed by atoms with Crippen molar-refractivity contribution in [3.63, 3.8) is 0 Å². The molecule has 1 atom stereocenters. The van der Waals surface area contributed by atoms with Gasteiger partial charge in [-0.15, -0.1) is 0 Å². The van der Waals surface area contributed by atoms with Gasteiger partial charge in [-0.05, 0) is 57.7 Å². The molecular formula is C17H22BrFN2. The second kappa shape index (κ2) is 7.23. The van der Waals surface area contributed by atoms with Crippen molar-refractivity contribution >= 4 is 15.9 Å². The van der Waals surface area contributed by atoms with Crippen molar-refractivity contribution < 1.29 is 4.39 Å². The molecule has 0 spiro atoms. The summed E-state index contributed by atoms with van der Waals surface area (Å²) in [6.45, 7) is 8.28. The van der Waals surface area contributed by atoms with Crippen LogP contribution in [0.3, 0.4) is 0 Å². The summed E-state index contributed by atoms with van der Waals surface area (Å²) in [7, 11) is 0. The summed E-state index contributed by atoms with van der Waals surface area (Å²) < 4.78 is 15.9. The van der Waals surface area contributed by atoms with E-state index in [9.17, 15) is 4.39 Å². The highest BCUT2D eigenvalue weighted by atomic mass is 79.9. The molecule has 1 heterocycles. The van der Waals surface area contributed by atoms with E-state index in [1.165, 1.54) is 11.6 Å². The minimum absolute atomic E-state index is 0.223. The van der Waals surface area contributed by atoms with Crippen molar-refractivity contribution in [1.29, 1.82) is 0 Å². The first-order chi connectivity index (χ1) is 10.0. The van der Waals surface area contributed by atoms with Crippen molar-refractivity contribution in [3.05, 3.63) is 58.1 Å². The number of benzene rings is 1. The molecular weight excluding hydrogens is 331 g/mol. The summed E-state index contributed by atoms with van der Waals surface area (Å²) in [5.74, 6) is 0.319. The average molecular weight is 353 g/mol. The standard InChI is InChI=1S/C17H22BrFN2/c1-4-20-17(12(2)3)14-7-8-21(11-14)10-13-5-6-16(19)15(18)9-13/h5-9,11-12,17,20H,4,10H2,1-3H3. The van der Waals surface area contributed by atoms with E-state index in [1.807, 2.05) is 12.1 Å². The second-order valence-corrected chi connectivity index (χ2v) is 6.50. The van der Waals surface area contributed by atoms with Crippen molar-refractivity contribution in [1.82, 2.24) is 9.88 Å². The molecule has 0 aliphatic rings. The summed E-state index contributed by atoms with van der Waals surface area (Å²) in [5.41, 5.74) is 2.38. The third-order valence-electron chi connectivity index (χ3n) is 3.57. The molecule has 2 nitrogen and oxygen atoms in total. The largest absolute Gasteiger partial charge is 0.350 e. The highest BCUT2D eigenvalue weighted by molar-refractivity contribution is 9.10. The molecule has 0 radical (unpaired) electrons. The van der Waals surface area contributed by atoms with Gasteiger partial charge < -0.3 is 9.88 Å². The zero-order valence-corrected chi connectivity index (χ0v) is 14.3. The zero-order chi connectivity index (χ0) is 15.4. The Kier molecular flexibility index (Phi) is 5.59. The SMILES string of the molecule is CCNC(c1ccn(Cc2ccc(F)c(Br)c2)c1)C(C)C. The van der Waals surface area contributed by atoms with Gasteiger partial charge in [0.05, 0.1) is 4.47 Å². The quantitative estimate of drug-likeness (QED) is 0.793. The van der Waals surface area contributed by atoms with Crippen LogP contribution in [0.4, 0.5) is 4.39 Å². The van der Waals surface area contributed by atoms with Crippen molar-refractivity contribution in [2.45, 2.75) is 33.4 Å². The molecule has 21 heavy (non-hydrogen) atoms. The Morgan fingerprint density at radius 2 is 2.05 bits per heavy atom. The Labute approximate surface area is 134 Å². The topological polar surface area (TPSA) is 17.0 Å². The predicted octanol–water partition coefficient (Wildman–Crippen LogP) is 4.74. The Bertz CT molecular complexity index is 592. The summed E-state index contributed by atoms with van der Waals surface area (Å²) >= 11 is 3.23. The maximum atomic E-state index is 13.3. The fourth-order valence-electron chi connectivity index (χ4n) is 2.55. The molecule has 0 aliphatic heterocycles. The molecule has 114 valence electrons. The minimum atomic E-state index is -0.223. The zero-order valence-electron chi connectivity index (χ0n) is 12.7. The number of nitrogens with zero attached hydrogens (tertiary/aromatic N) is 1. The van der Waals surface area contributed by atoms with Gasteiger partial charge in [-0.3, -0.25) is 0 Å². The molecule has 1 N–H and O–H groups in total. The molecule has 0 saturated carbocycles. The van der Waals surface area contributed by atoms with E-state index in [4.69, 9.17) is 0 Å². The number of nitrogens with one attached hydrogen (secondary N) is 1. The van der Waals surface area contributed by atoms with Gasteiger partial charge in [0.15, 0.2) is 0 Å². The van der Waals surface area contributed by atoms with E-state index in [2.05, 4.69) is 65.0 Å². The van der Waals surface area contributed by atoms with E-state index in [0.717, 1.165) is 18.7 Å². The summed E-state index contributed by atoms with van der Waals surface area (Å²) in [4.78, 5) is 0. The molecule has 0 amide bonds. The van der Waals surface area contributed by atoms with Crippen LogP contribution in [0.2, 0.25) is 0 Å². The van der Waals surface area contributed by atoms with Crippen molar-refractivity contribution in [2.24, 2.45) is 5.92 Å². The van der Waals surface area contributed by atoms with Crippen LogP contribution in [0, 0.1) is 11.7 Å². The van der Waals surface area contributed by atoms with Crippen LogP contribution in [-0.4, -0.2) is 11.1 Å². The molecule has 0 aliphatic carbocycles. The fraction of sp³-hybridized carbons (Fsp3) is 0.412. The molecule has 0 saturated heterocycles. The van der Waals surface area contributed by atoms with Crippen LogP contribution in [0.15, 0.2) is 41.1 Å². The van der Waals surface area contributed by atoms with Crippen molar-refractivity contribution in [3.8, 4) is 0 Å². The predicted molar refractivity (Wildman–Crippen MR) is 88.9 cm³/mol. The Balaban J connectivity index is 2.13.